The van der Waals surface area contributed by atoms with Gasteiger partial charge in [0.25, 0.3) is 5.91 Å². The molecule has 1 amide bonds. The van der Waals surface area contributed by atoms with Crippen molar-refractivity contribution in [1.29, 1.82) is 0 Å². The molecule has 0 fully saturated rings. The molecule has 0 radical (unpaired) electrons. The molecule has 0 spiro atoms. The van der Waals surface area contributed by atoms with Crippen molar-refractivity contribution in [1.82, 2.24) is 10.3 Å². The topological polar surface area (TPSA) is 60.5 Å². The smallest absolute Gasteiger partial charge is 0.406 e. The Morgan fingerprint density at radius 3 is 2.43 bits per heavy atom. The Morgan fingerprint density at radius 2 is 1.82 bits per heavy atom. The number of halogens is 3. The van der Waals surface area contributed by atoms with Gasteiger partial charge in [-0.2, -0.15) is 0 Å². The maximum absolute atomic E-state index is 12.4. The third-order valence-corrected chi connectivity index (χ3v) is 3.74. The van der Waals surface area contributed by atoms with Gasteiger partial charge in [0.2, 0.25) is 0 Å². The van der Waals surface area contributed by atoms with Gasteiger partial charge in [-0.3, -0.25) is 9.78 Å². The van der Waals surface area contributed by atoms with Crippen molar-refractivity contribution < 1.29 is 27.4 Å². The molecular formula is C20H23F3N2O3. The molecule has 1 heterocycles. The van der Waals surface area contributed by atoms with Gasteiger partial charge in [-0.1, -0.05) is 32.0 Å². The summed E-state index contributed by atoms with van der Waals surface area (Å²) in [6.45, 7) is 6.44. The maximum atomic E-state index is 12.4. The highest BCUT2D eigenvalue weighted by Crippen LogP contribution is 2.27. The summed E-state index contributed by atoms with van der Waals surface area (Å²) in [6, 6.07) is 7.87. The van der Waals surface area contributed by atoms with Crippen LogP contribution in [-0.2, 0) is 18.0 Å². The number of aryl methyl sites for hydroxylation is 1. The molecule has 5 nitrogen and oxygen atoms in total. The van der Waals surface area contributed by atoms with Gasteiger partial charge in [0, 0.05) is 12.7 Å². The van der Waals surface area contributed by atoms with Crippen LogP contribution in [-0.4, -0.2) is 23.8 Å². The molecule has 0 saturated carbocycles. The van der Waals surface area contributed by atoms with Crippen LogP contribution in [0.25, 0.3) is 0 Å². The summed E-state index contributed by atoms with van der Waals surface area (Å²) in [5.74, 6) is -0.134. The van der Waals surface area contributed by atoms with Crippen molar-refractivity contribution in [3.8, 4) is 5.75 Å². The lowest BCUT2D eigenvalue weighted by molar-refractivity contribution is -0.274. The monoisotopic (exact) mass is 396 g/mol. The Morgan fingerprint density at radius 1 is 1.14 bits per heavy atom. The van der Waals surface area contributed by atoms with Crippen molar-refractivity contribution in [2.24, 2.45) is 5.92 Å². The first-order chi connectivity index (χ1) is 13.1. The standard InChI is InChI=1S/C20H23F3N2O3/c1-13(2)9-25-19(26)17-7-6-16(10-24-17)12-27-11-15-5-4-14(3)18(8-15)28-20(21,22)23/h4-8,10,13H,9,11-12H2,1-3H3,(H,25,26). The van der Waals surface area contributed by atoms with E-state index in [4.69, 9.17) is 4.74 Å². The molecule has 0 saturated heterocycles. The Labute approximate surface area is 161 Å². The van der Waals surface area contributed by atoms with E-state index < -0.39 is 6.36 Å². The number of nitrogens with zero attached hydrogens (tertiary/aromatic N) is 1. The fourth-order valence-electron chi connectivity index (χ4n) is 2.29. The number of aromatic nitrogens is 1. The minimum atomic E-state index is -4.74. The molecule has 8 heteroatoms. The lowest BCUT2D eigenvalue weighted by Gasteiger charge is -2.13. The molecule has 0 aliphatic rings. The van der Waals surface area contributed by atoms with Gasteiger partial charge < -0.3 is 14.8 Å². The van der Waals surface area contributed by atoms with E-state index in [0.29, 0.717) is 29.3 Å². The molecule has 152 valence electrons. The molecule has 2 rings (SSSR count). The second kappa shape index (κ2) is 9.54. The van der Waals surface area contributed by atoms with E-state index in [1.165, 1.54) is 19.2 Å². The van der Waals surface area contributed by atoms with Crippen LogP contribution in [0.5, 0.6) is 5.75 Å². The number of hydrogen-bond donors (Lipinski definition) is 1. The van der Waals surface area contributed by atoms with Crippen molar-refractivity contribution >= 4 is 5.91 Å². The van der Waals surface area contributed by atoms with Crippen molar-refractivity contribution in [2.45, 2.75) is 40.3 Å². The summed E-state index contributed by atoms with van der Waals surface area (Å²) in [6.07, 6.45) is -3.20. The number of carbonyl (C=O) groups is 1. The number of benzene rings is 1. The number of amides is 1. The highest BCUT2D eigenvalue weighted by molar-refractivity contribution is 5.92. The lowest BCUT2D eigenvalue weighted by Crippen LogP contribution is -2.28. The van der Waals surface area contributed by atoms with E-state index >= 15 is 0 Å². The number of rotatable bonds is 8. The number of pyridine rings is 1. The van der Waals surface area contributed by atoms with E-state index in [1.54, 1.807) is 24.3 Å². The van der Waals surface area contributed by atoms with E-state index in [0.717, 1.165) is 5.56 Å². The normalized spacial score (nSPS) is 11.5. The van der Waals surface area contributed by atoms with Crippen LogP contribution < -0.4 is 10.1 Å². The molecule has 0 bridgehead atoms. The van der Waals surface area contributed by atoms with Crippen molar-refractivity contribution in [2.75, 3.05) is 6.54 Å². The molecule has 28 heavy (non-hydrogen) atoms. The predicted octanol–water partition coefficient (Wildman–Crippen LogP) is 4.39. The predicted molar refractivity (Wildman–Crippen MR) is 97.8 cm³/mol. The highest BCUT2D eigenvalue weighted by atomic mass is 19.4. The van der Waals surface area contributed by atoms with Crippen LogP contribution in [0.4, 0.5) is 13.2 Å². The van der Waals surface area contributed by atoms with Crippen LogP contribution in [0, 0.1) is 12.8 Å². The van der Waals surface area contributed by atoms with Crippen LogP contribution in [0.3, 0.4) is 0 Å². The van der Waals surface area contributed by atoms with Crippen LogP contribution in [0.2, 0.25) is 0 Å². The second-order valence-electron chi connectivity index (χ2n) is 6.80. The lowest BCUT2D eigenvalue weighted by atomic mass is 10.1. The fraction of sp³-hybridized carbons (Fsp3) is 0.400. The number of alkyl halides is 3. The summed E-state index contributed by atoms with van der Waals surface area (Å²) in [7, 11) is 0. The summed E-state index contributed by atoms with van der Waals surface area (Å²) >= 11 is 0. The Balaban J connectivity index is 1.88. The Bertz CT molecular complexity index is 790. The average molecular weight is 396 g/mol. The average Bonchev–Trinajstić information content (AvgIpc) is 2.61. The summed E-state index contributed by atoms with van der Waals surface area (Å²) in [5.41, 5.74) is 2.01. The van der Waals surface area contributed by atoms with Crippen molar-refractivity contribution in [3.63, 3.8) is 0 Å². The summed E-state index contributed by atoms with van der Waals surface area (Å²) < 4.78 is 46.8. The first-order valence-electron chi connectivity index (χ1n) is 8.80. The van der Waals surface area contributed by atoms with Crippen LogP contribution in [0.15, 0.2) is 36.5 Å². The summed E-state index contributed by atoms with van der Waals surface area (Å²) in [4.78, 5) is 16.0. The Hall–Kier alpha value is -2.61. The number of ether oxygens (including phenoxy) is 2. The van der Waals surface area contributed by atoms with Gasteiger partial charge >= 0.3 is 6.36 Å². The van der Waals surface area contributed by atoms with E-state index in [2.05, 4.69) is 15.0 Å². The number of hydrogen-bond acceptors (Lipinski definition) is 4. The van der Waals surface area contributed by atoms with Gasteiger partial charge in [-0.25, -0.2) is 0 Å². The molecule has 0 aliphatic heterocycles. The SMILES string of the molecule is Cc1ccc(COCc2ccc(C(=O)NCC(C)C)nc2)cc1OC(F)(F)F. The van der Waals surface area contributed by atoms with Gasteiger partial charge in [-0.15, -0.1) is 13.2 Å². The molecule has 1 aromatic carbocycles. The molecule has 0 aliphatic carbocycles. The van der Waals surface area contributed by atoms with Gasteiger partial charge in [-0.05, 0) is 41.7 Å². The molecule has 1 N–H and O–H groups in total. The quantitative estimate of drug-likeness (QED) is 0.719. The van der Waals surface area contributed by atoms with Gasteiger partial charge in [0.05, 0.1) is 13.2 Å². The summed E-state index contributed by atoms with van der Waals surface area (Å²) in [5, 5.41) is 2.78. The molecule has 0 atom stereocenters. The zero-order valence-corrected chi connectivity index (χ0v) is 16.0. The molecule has 0 unspecified atom stereocenters. The van der Waals surface area contributed by atoms with Gasteiger partial charge in [0.1, 0.15) is 11.4 Å². The van der Waals surface area contributed by atoms with Crippen LogP contribution >= 0.6 is 0 Å². The first-order valence-corrected chi connectivity index (χ1v) is 8.80. The zero-order valence-electron chi connectivity index (χ0n) is 16.0. The third-order valence-electron chi connectivity index (χ3n) is 3.74. The molecular weight excluding hydrogens is 373 g/mol. The van der Waals surface area contributed by atoms with E-state index in [-0.39, 0.29) is 24.9 Å². The second-order valence-corrected chi connectivity index (χ2v) is 6.80. The molecule has 1 aromatic heterocycles. The minimum Gasteiger partial charge on any atom is -0.406 e. The third kappa shape index (κ3) is 7.19. The van der Waals surface area contributed by atoms with E-state index in [9.17, 15) is 18.0 Å². The fourth-order valence-corrected chi connectivity index (χ4v) is 2.29. The Kier molecular flexibility index (Phi) is 7.39. The van der Waals surface area contributed by atoms with E-state index in [1.807, 2.05) is 13.8 Å². The van der Waals surface area contributed by atoms with Gasteiger partial charge in [0.15, 0.2) is 0 Å². The first kappa shape index (κ1) is 21.7. The maximum Gasteiger partial charge on any atom is 0.573 e. The largest absolute Gasteiger partial charge is 0.573 e. The highest BCUT2D eigenvalue weighted by Gasteiger charge is 2.31. The van der Waals surface area contributed by atoms with Crippen molar-refractivity contribution in [3.05, 3.63) is 58.9 Å². The number of carbonyl (C=O) groups excluding carboxylic acids is 1. The number of nitrogens with one attached hydrogen (secondary N) is 1. The van der Waals surface area contributed by atoms with Crippen LogP contribution in [0.1, 0.15) is 41.0 Å². The zero-order chi connectivity index (χ0) is 20.7. The molecule has 2 aromatic rings. The minimum absolute atomic E-state index is 0.116.